The van der Waals surface area contributed by atoms with Crippen molar-refractivity contribution >= 4 is 23.2 Å². The molecular formula is C18H18N2O3. The van der Waals surface area contributed by atoms with Gasteiger partial charge in [-0.1, -0.05) is 24.3 Å². The fourth-order valence-electron chi connectivity index (χ4n) is 2.47. The molecule has 0 unspecified atom stereocenters. The van der Waals surface area contributed by atoms with Crippen molar-refractivity contribution in [3.05, 3.63) is 53.6 Å². The maximum Gasteiger partial charge on any atom is 0.262 e. The van der Waals surface area contributed by atoms with Gasteiger partial charge in [0.05, 0.1) is 5.69 Å². The van der Waals surface area contributed by atoms with E-state index < -0.39 is 0 Å². The maximum absolute atomic E-state index is 12.1. The van der Waals surface area contributed by atoms with Gasteiger partial charge in [0.25, 0.3) is 5.91 Å². The average molecular weight is 310 g/mol. The summed E-state index contributed by atoms with van der Waals surface area (Å²) in [7, 11) is 0. The molecule has 0 saturated heterocycles. The Hall–Kier alpha value is -2.82. The van der Waals surface area contributed by atoms with E-state index in [0.29, 0.717) is 24.3 Å². The fourth-order valence-corrected chi connectivity index (χ4v) is 2.47. The highest BCUT2D eigenvalue weighted by Crippen LogP contribution is 2.28. The van der Waals surface area contributed by atoms with Crippen LogP contribution in [0.2, 0.25) is 0 Å². The number of amides is 2. The van der Waals surface area contributed by atoms with Crippen molar-refractivity contribution in [3.63, 3.8) is 0 Å². The molecule has 118 valence electrons. The summed E-state index contributed by atoms with van der Waals surface area (Å²) in [5.74, 6) is 0.474. The number of hydrogen-bond donors (Lipinski definition) is 2. The summed E-state index contributed by atoms with van der Waals surface area (Å²) in [6.07, 6.45) is 0.975. The van der Waals surface area contributed by atoms with E-state index in [9.17, 15) is 9.59 Å². The second kappa shape index (κ2) is 6.52. The van der Waals surface area contributed by atoms with Gasteiger partial charge in [0, 0.05) is 12.1 Å². The number of para-hydroxylation sites is 1. The second-order valence-electron chi connectivity index (χ2n) is 5.53. The molecule has 0 aromatic heterocycles. The zero-order valence-corrected chi connectivity index (χ0v) is 12.9. The summed E-state index contributed by atoms with van der Waals surface area (Å²) in [6.45, 7) is 2.01. The molecular weight excluding hydrogens is 292 g/mol. The van der Waals surface area contributed by atoms with E-state index in [2.05, 4.69) is 10.6 Å². The van der Waals surface area contributed by atoms with Crippen LogP contribution in [-0.4, -0.2) is 18.4 Å². The van der Waals surface area contributed by atoms with Gasteiger partial charge in [-0.25, -0.2) is 0 Å². The van der Waals surface area contributed by atoms with Crippen molar-refractivity contribution in [2.75, 3.05) is 17.2 Å². The van der Waals surface area contributed by atoms with Gasteiger partial charge in [0.2, 0.25) is 5.91 Å². The van der Waals surface area contributed by atoms with Gasteiger partial charge >= 0.3 is 0 Å². The lowest BCUT2D eigenvalue weighted by atomic mass is 10.1. The minimum absolute atomic E-state index is 0.0303. The monoisotopic (exact) mass is 310 g/mol. The van der Waals surface area contributed by atoms with Crippen LogP contribution in [0.4, 0.5) is 11.4 Å². The highest BCUT2D eigenvalue weighted by molar-refractivity contribution is 5.95. The molecule has 1 aliphatic heterocycles. The molecule has 23 heavy (non-hydrogen) atoms. The van der Waals surface area contributed by atoms with Crippen LogP contribution in [0.5, 0.6) is 5.75 Å². The number of nitrogens with one attached hydrogen (secondary N) is 2. The fraction of sp³-hybridized carbons (Fsp3) is 0.222. The number of carbonyl (C=O) groups excluding carboxylic acids is 2. The Balaban J connectivity index is 1.60. The Morgan fingerprint density at radius 1 is 1.26 bits per heavy atom. The van der Waals surface area contributed by atoms with Crippen molar-refractivity contribution < 1.29 is 14.3 Å². The number of anilines is 2. The van der Waals surface area contributed by atoms with E-state index in [0.717, 1.165) is 16.8 Å². The van der Waals surface area contributed by atoms with Gasteiger partial charge in [0.15, 0.2) is 6.61 Å². The molecule has 3 rings (SSSR count). The third-order valence-electron chi connectivity index (χ3n) is 3.74. The molecule has 0 aliphatic carbocycles. The van der Waals surface area contributed by atoms with E-state index in [-0.39, 0.29) is 18.4 Å². The molecule has 0 saturated carbocycles. The van der Waals surface area contributed by atoms with Crippen LogP contribution in [-0.2, 0) is 16.0 Å². The number of rotatable bonds is 4. The van der Waals surface area contributed by atoms with Crippen LogP contribution in [0.1, 0.15) is 17.5 Å². The zero-order valence-electron chi connectivity index (χ0n) is 12.9. The lowest BCUT2D eigenvalue weighted by molar-refractivity contribution is -0.118. The first-order valence-electron chi connectivity index (χ1n) is 7.53. The number of benzene rings is 2. The summed E-state index contributed by atoms with van der Waals surface area (Å²) in [4.78, 5) is 23.4. The van der Waals surface area contributed by atoms with E-state index in [1.54, 1.807) is 0 Å². The number of hydrogen-bond acceptors (Lipinski definition) is 3. The summed E-state index contributed by atoms with van der Waals surface area (Å²) >= 11 is 0. The van der Waals surface area contributed by atoms with Crippen LogP contribution in [0.15, 0.2) is 42.5 Å². The molecule has 1 heterocycles. The molecule has 1 aliphatic rings. The summed E-state index contributed by atoms with van der Waals surface area (Å²) in [6, 6.07) is 13.3. The van der Waals surface area contributed by atoms with Crippen molar-refractivity contribution in [2.24, 2.45) is 0 Å². The summed E-state index contributed by atoms with van der Waals surface area (Å²) < 4.78 is 5.32. The summed E-state index contributed by atoms with van der Waals surface area (Å²) in [5, 5.41) is 5.69. The number of fused-ring (bicyclic) bond motifs is 1. The molecule has 0 atom stereocenters. The zero-order chi connectivity index (χ0) is 16.2. The SMILES string of the molecule is Cc1ccccc1NC(=O)CCc1ccc2c(c1)NC(=O)CO2. The van der Waals surface area contributed by atoms with Crippen LogP contribution < -0.4 is 15.4 Å². The first-order chi connectivity index (χ1) is 11.1. The molecule has 0 spiro atoms. The molecule has 5 nitrogen and oxygen atoms in total. The highest BCUT2D eigenvalue weighted by atomic mass is 16.5. The molecule has 5 heteroatoms. The van der Waals surface area contributed by atoms with Gasteiger partial charge in [0.1, 0.15) is 5.75 Å². The first-order valence-corrected chi connectivity index (χ1v) is 7.53. The van der Waals surface area contributed by atoms with Crippen molar-refractivity contribution in [1.29, 1.82) is 0 Å². The average Bonchev–Trinajstić information content (AvgIpc) is 2.54. The predicted octanol–water partition coefficient (Wildman–Crippen LogP) is 2.90. The van der Waals surface area contributed by atoms with Crippen LogP contribution in [0.3, 0.4) is 0 Å². The van der Waals surface area contributed by atoms with Gasteiger partial charge in [-0.3, -0.25) is 9.59 Å². The van der Waals surface area contributed by atoms with E-state index >= 15 is 0 Å². The largest absolute Gasteiger partial charge is 0.482 e. The van der Waals surface area contributed by atoms with Gasteiger partial charge < -0.3 is 15.4 Å². The van der Waals surface area contributed by atoms with Crippen LogP contribution in [0.25, 0.3) is 0 Å². The maximum atomic E-state index is 12.1. The number of carbonyl (C=O) groups is 2. The molecule has 0 bridgehead atoms. The minimum atomic E-state index is -0.160. The quantitative estimate of drug-likeness (QED) is 0.912. The highest BCUT2D eigenvalue weighted by Gasteiger charge is 2.16. The predicted molar refractivity (Wildman–Crippen MR) is 88.7 cm³/mol. The van der Waals surface area contributed by atoms with Crippen LogP contribution in [0, 0.1) is 6.92 Å². The van der Waals surface area contributed by atoms with Crippen LogP contribution >= 0.6 is 0 Å². The number of aryl methyl sites for hydroxylation is 2. The molecule has 2 aromatic rings. The van der Waals surface area contributed by atoms with Crippen molar-refractivity contribution in [1.82, 2.24) is 0 Å². The van der Waals surface area contributed by atoms with E-state index in [1.165, 1.54) is 0 Å². The smallest absolute Gasteiger partial charge is 0.262 e. The standard InChI is InChI=1S/C18H18N2O3/c1-12-4-2-3-5-14(12)19-17(21)9-7-13-6-8-16-15(10-13)20-18(22)11-23-16/h2-6,8,10H,7,9,11H2,1H3,(H,19,21)(H,20,22). The minimum Gasteiger partial charge on any atom is -0.482 e. The van der Waals surface area contributed by atoms with Gasteiger partial charge in [-0.15, -0.1) is 0 Å². The lowest BCUT2D eigenvalue weighted by Gasteiger charge is -2.18. The Morgan fingerprint density at radius 3 is 2.91 bits per heavy atom. The van der Waals surface area contributed by atoms with Crippen molar-refractivity contribution in [2.45, 2.75) is 19.8 Å². The first kappa shape index (κ1) is 15.1. The Morgan fingerprint density at radius 2 is 2.09 bits per heavy atom. The topological polar surface area (TPSA) is 67.4 Å². The second-order valence-corrected chi connectivity index (χ2v) is 5.53. The Labute approximate surface area is 134 Å². The molecule has 0 radical (unpaired) electrons. The number of ether oxygens (including phenoxy) is 1. The normalized spacial score (nSPS) is 12.8. The van der Waals surface area contributed by atoms with Gasteiger partial charge in [-0.05, 0) is 42.7 Å². The van der Waals surface area contributed by atoms with E-state index in [4.69, 9.17) is 4.74 Å². The summed E-state index contributed by atoms with van der Waals surface area (Å²) in [5.41, 5.74) is 3.52. The van der Waals surface area contributed by atoms with Crippen molar-refractivity contribution in [3.8, 4) is 5.75 Å². The Kier molecular flexibility index (Phi) is 4.28. The molecule has 2 aromatic carbocycles. The third-order valence-corrected chi connectivity index (χ3v) is 3.74. The lowest BCUT2D eigenvalue weighted by Crippen LogP contribution is -2.25. The van der Waals surface area contributed by atoms with Gasteiger partial charge in [-0.2, -0.15) is 0 Å². The van der Waals surface area contributed by atoms with E-state index in [1.807, 2.05) is 49.4 Å². The molecule has 2 amide bonds. The molecule has 0 fully saturated rings. The Bertz CT molecular complexity index is 756. The third kappa shape index (κ3) is 3.69. The molecule has 2 N–H and O–H groups in total.